The molecule has 0 bridgehead atoms. The van der Waals surface area contributed by atoms with Gasteiger partial charge in [-0.1, -0.05) is 12.1 Å². The number of para-hydroxylation sites is 1. The molecule has 8 heteroatoms. The molecule has 0 unspecified atom stereocenters. The highest BCUT2D eigenvalue weighted by atomic mass is 16.6. The largest absolute Gasteiger partial charge is 0.507 e. The fraction of sp³-hybridized carbons (Fsp3) is 0.600. The van der Waals surface area contributed by atoms with Crippen LogP contribution < -0.4 is 0 Å². The van der Waals surface area contributed by atoms with Crippen molar-refractivity contribution in [3.8, 4) is 5.75 Å². The monoisotopic (exact) mass is 393 g/mol. The van der Waals surface area contributed by atoms with E-state index in [-0.39, 0.29) is 36.0 Å². The van der Waals surface area contributed by atoms with Gasteiger partial charge in [0.05, 0.1) is 18.8 Å². The first-order valence-electron chi connectivity index (χ1n) is 9.52. The molecule has 28 heavy (non-hydrogen) atoms. The quantitative estimate of drug-likeness (QED) is 0.605. The number of benzene rings is 1. The van der Waals surface area contributed by atoms with Gasteiger partial charge in [0.15, 0.2) is 5.60 Å². The number of hydrogen-bond acceptors (Lipinski definition) is 8. The van der Waals surface area contributed by atoms with Crippen LogP contribution in [0, 0.1) is 5.92 Å². The molecular weight excluding hydrogens is 366 g/mol. The lowest BCUT2D eigenvalue weighted by atomic mass is 9.96. The standard InChI is InChI=1S/C20H27NO7/c1-12(22)20(2,26)19(25)27-11-13-7-9-21-10-8-16(17(13)21)28-18(24)14-5-3-4-6-15(14)23/h3-6,12-13,16-17,22-23,26H,7-11H2,1-2H3/t12-,13+,16-,17-,20+/m1/s1. The molecule has 0 radical (unpaired) electrons. The van der Waals surface area contributed by atoms with Gasteiger partial charge >= 0.3 is 11.9 Å². The molecule has 2 aliphatic rings. The highest BCUT2D eigenvalue weighted by Gasteiger charge is 2.47. The van der Waals surface area contributed by atoms with Gasteiger partial charge in [-0.15, -0.1) is 0 Å². The van der Waals surface area contributed by atoms with Gasteiger partial charge < -0.3 is 24.8 Å². The van der Waals surface area contributed by atoms with Crippen molar-refractivity contribution in [1.82, 2.24) is 4.90 Å². The molecule has 0 spiro atoms. The number of nitrogens with zero attached hydrogens (tertiary/aromatic N) is 1. The van der Waals surface area contributed by atoms with E-state index in [4.69, 9.17) is 9.47 Å². The first kappa shape index (κ1) is 20.6. The van der Waals surface area contributed by atoms with E-state index in [0.717, 1.165) is 19.5 Å². The number of phenolic OH excluding ortho intramolecular Hbond substituents is 1. The molecule has 0 saturated carbocycles. The van der Waals surface area contributed by atoms with Gasteiger partial charge in [-0.25, -0.2) is 9.59 Å². The van der Waals surface area contributed by atoms with Gasteiger partial charge in [0.2, 0.25) is 0 Å². The summed E-state index contributed by atoms with van der Waals surface area (Å²) >= 11 is 0. The summed E-state index contributed by atoms with van der Waals surface area (Å²) in [6.45, 7) is 4.20. The van der Waals surface area contributed by atoms with Crippen molar-refractivity contribution in [3.63, 3.8) is 0 Å². The van der Waals surface area contributed by atoms with E-state index in [1.165, 1.54) is 26.0 Å². The molecular formula is C20H27NO7. The van der Waals surface area contributed by atoms with E-state index in [0.29, 0.717) is 6.42 Å². The second kappa shape index (κ2) is 8.06. The lowest BCUT2D eigenvalue weighted by Gasteiger charge is -2.28. The summed E-state index contributed by atoms with van der Waals surface area (Å²) in [6, 6.07) is 6.15. The van der Waals surface area contributed by atoms with Crippen LogP contribution in [-0.2, 0) is 14.3 Å². The fourth-order valence-corrected chi connectivity index (χ4v) is 3.87. The van der Waals surface area contributed by atoms with Crippen LogP contribution in [0.2, 0.25) is 0 Å². The molecule has 3 N–H and O–H groups in total. The summed E-state index contributed by atoms with van der Waals surface area (Å²) in [6.07, 6.45) is -0.173. The number of rotatable bonds is 6. The zero-order valence-electron chi connectivity index (χ0n) is 16.1. The Morgan fingerprint density at radius 3 is 2.64 bits per heavy atom. The smallest absolute Gasteiger partial charge is 0.342 e. The van der Waals surface area contributed by atoms with Crippen LogP contribution in [0.25, 0.3) is 0 Å². The maximum Gasteiger partial charge on any atom is 0.342 e. The number of esters is 2. The Hall–Kier alpha value is -2.16. The summed E-state index contributed by atoms with van der Waals surface area (Å²) in [5.41, 5.74) is -1.85. The third-order valence-electron chi connectivity index (χ3n) is 5.81. The maximum absolute atomic E-state index is 12.4. The van der Waals surface area contributed by atoms with E-state index < -0.39 is 23.6 Å². The van der Waals surface area contributed by atoms with Crippen molar-refractivity contribution >= 4 is 11.9 Å². The Balaban J connectivity index is 1.62. The fourth-order valence-electron chi connectivity index (χ4n) is 3.87. The molecule has 3 rings (SSSR count). The summed E-state index contributed by atoms with van der Waals surface area (Å²) < 4.78 is 10.9. The van der Waals surface area contributed by atoms with E-state index in [2.05, 4.69) is 4.90 Å². The summed E-state index contributed by atoms with van der Waals surface area (Å²) in [7, 11) is 0. The Morgan fingerprint density at radius 1 is 1.29 bits per heavy atom. The van der Waals surface area contributed by atoms with Crippen LogP contribution in [0.5, 0.6) is 5.75 Å². The van der Waals surface area contributed by atoms with Gasteiger partial charge in [-0.05, 0) is 45.4 Å². The Kier molecular flexibility index (Phi) is 5.92. The molecule has 5 atom stereocenters. The Labute approximate surface area is 163 Å². The summed E-state index contributed by atoms with van der Waals surface area (Å²) in [4.78, 5) is 26.7. The van der Waals surface area contributed by atoms with E-state index in [1.54, 1.807) is 12.1 Å². The number of carbonyl (C=O) groups excluding carboxylic acids is 2. The van der Waals surface area contributed by atoms with Crippen LogP contribution in [-0.4, -0.2) is 75.7 Å². The number of aromatic hydroxyl groups is 1. The van der Waals surface area contributed by atoms with Crippen molar-refractivity contribution in [1.29, 1.82) is 0 Å². The van der Waals surface area contributed by atoms with Crippen molar-refractivity contribution in [2.75, 3.05) is 19.7 Å². The molecule has 8 nitrogen and oxygen atoms in total. The highest BCUT2D eigenvalue weighted by molar-refractivity contribution is 5.92. The molecule has 2 saturated heterocycles. The van der Waals surface area contributed by atoms with Crippen molar-refractivity contribution < 1.29 is 34.4 Å². The molecule has 0 aromatic heterocycles. The van der Waals surface area contributed by atoms with Crippen LogP contribution in [0.15, 0.2) is 24.3 Å². The number of aliphatic hydroxyl groups is 2. The number of aliphatic hydroxyl groups excluding tert-OH is 1. The molecule has 0 amide bonds. The van der Waals surface area contributed by atoms with E-state index >= 15 is 0 Å². The lowest BCUT2D eigenvalue weighted by molar-refractivity contribution is -0.175. The highest BCUT2D eigenvalue weighted by Crippen LogP contribution is 2.36. The minimum absolute atomic E-state index is 0.0431. The molecule has 0 aliphatic carbocycles. The van der Waals surface area contributed by atoms with Crippen molar-refractivity contribution in [2.24, 2.45) is 5.92 Å². The second-order valence-electron chi connectivity index (χ2n) is 7.75. The Morgan fingerprint density at radius 2 is 1.96 bits per heavy atom. The predicted molar refractivity (Wildman–Crippen MR) is 98.7 cm³/mol. The predicted octanol–water partition coefficient (Wildman–Crippen LogP) is 0.687. The van der Waals surface area contributed by atoms with Crippen LogP contribution in [0.4, 0.5) is 0 Å². The molecule has 154 valence electrons. The Bertz CT molecular complexity index is 733. The molecule has 2 aliphatic heterocycles. The normalized spacial score (nSPS) is 27.6. The van der Waals surface area contributed by atoms with Crippen LogP contribution >= 0.6 is 0 Å². The summed E-state index contributed by atoms with van der Waals surface area (Å²) in [5.74, 6) is -1.62. The zero-order chi connectivity index (χ0) is 20.5. The molecule has 2 heterocycles. The van der Waals surface area contributed by atoms with E-state index in [9.17, 15) is 24.9 Å². The average molecular weight is 393 g/mol. The maximum atomic E-state index is 12.4. The van der Waals surface area contributed by atoms with Crippen LogP contribution in [0.1, 0.15) is 37.0 Å². The van der Waals surface area contributed by atoms with E-state index in [1.807, 2.05) is 0 Å². The number of ether oxygens (including phenoxy) is 2. The molecule has 1 aromatic carbocycles. The third-order valence-corrected chi connectivity index (χ3v) is 5.81. The second-order valence-corrected chi connectivity index (χ2v) is 7.75. The summed E-state index contributed by atoms with van der Waals surface area (Å²) in [5, 5.41) is 29.4. The SMILES string of the molecule is C[C@@H](O)[C@](C)(O)C(=O)OC[C@@H]1CCN2CC[C@@H](OC(=O)c3ccccc3O)[C@@H]12. The first-order chi connectivity index (χ1) is 13.2. The minimum atomic E-state index is -1.97. The number of hydrogen-bond donors (Lipinski definition) is 3. The number of carbonyl (C=O) groups is 2. The van der Waals surface area contributed by atoms with Gasteiger partial charge in [0.25, 0.3) is 0 Å². The van der Waals surface area contributed by atoms with Gasteiger partial charge in [-0.3, -0.25) is 4.90 Å². The molecule has 1 aromatic rings. The average Bonchev–Trinajstić information content (AvgIpc) is 3.23. The third kappa shape index (κ3) is 3.99. The zero-order valence-corrected chi connectivity index (χ0v) is 16.1. The molecule has 2 fully saturated rings. The number of fused-ring (bicyclic) bond motifs is 1. The topological polar surface area (TPSA) is 117 Å². The minimum Gasteiger partial charge on any atom is -0.507 e. The van der Waals surface area contributed by atoms with Crippen molar-refractivity contribution in [3.05, 3.63) is 29.8 Å². The number of phenols is 1. The first-order valence-corrected chi connectivity index (χ1v) is 9.52. The van der Waals surface area contributed by atoms with Gasteiger partial charge in [-0.2, -0.15) is 0 Å². The van der Waals surface area contributed by atoms with Crippen molar-refractivity contribution in [2.45, 2.75) is 50.5 Å². The van der Waals surface area contributed by atoms with Gasteiger partial charge in [0, 0.05) is 12.5 Å². The van der Waals surface area contributed by atoms with Crippen LogP contribution in [0.3, 0.4) is 0 Å². The van der Waals surface area contributed by atoms with Gasteiger partial charge in [0.1, 0.15) is 17.4 Å². The lowest BCUT2D eigenvalue weighted by Crippen LogP contribution is -2.47.